The van der Waals surface area contributed by atoms with Crippen molar-refractivity contribution in [1.82, 2.24) is 0 Å². The largest absolute Gasteiger partial charge is 0.493 e. The van der Waals surface area contributed by atoms with Crippen LogP contribution in [0.15, 0.2) is 53.4 Å². The second kappa shape index (κ2) is 7.37. The lowest BCUT2D eigenvalue weighted by Gasteiger charge is -2.18. The Balaban J connectivity index is 2.04. The molecule has 0 aliphatic heterocycles. The molecule has 2 aromatic carbocycles. The first-order valence-corrected chi connectivity index (χ1v) is 9.13. The van der Waals surface area contributed by atoms with Gasteiger partial charge in [0.1, 0.15) is 6.10 Å². The SMILES string of the molecule is COc1ccccc1OC(C)CNc1ccccc1S(C)(=O)=O. The summed E-state index contributed by atoms with van der Waals surface area (Å²) in [5, 5.41) is 3.13. The van der Waals surface area contributed by atoms with Crippen molar-refractivity contribution in [3.8, 4) is 11.5 Å². The maximum atomic E-state index is 11.8. The van der Waals surface area contributed by atoms with E-state index in [9.17, 15) is 8.42 Å². The van der Waals surface area contributed by atoms with Gasteiger partial charge in [-0.15, -0.1) is 0 Å². The maximum absolute atomic E-state index is 11.8. The van der Waals surface area contributed by atoms with Crippen LogP contribution in [0.2, 0.25) is 0 Å². The highest BCUT2D eigenvalue weighted by Gasteiger charge is 2.14. The van der Waals surface area contributed by atoms with Gasteiger partial charge in [-0.2, -0.15) is 0 Å². The summed E-state index contributed by atoms with van der Waals surface area (Å²) in [5.74, 6) is 1.32. The molecule has 0 spiro atoms. The number of sulfone groups is 1. The summed E-state index contributed by atoms with van der Waals surface area (Å²) in [5.41, 5.74) is 0.575. The molecule has 1 N–H and O–H groups in total. The van der Waals surface area contributed by atoms with Gasteiger partial charge in [0.2, 0.25) is 0 Å². The van der Waals surface area contributed by atoms with E-state index in [0.717, 1.165) is 0 Å². The van der Waals surface area contributed by atoms with Crippen LogP contribution in [-0.2, 0) is 9.84 Å². The van der Waals surface area contributed by atoms with Gasteiger partial charge in [0, 0.05) is 6.26 Å². The number of para-hydroxylation sites is 3. The van der Waals surface area contributed by atoms with Crippen molar-refractivity contribution in [2.24, 2.45) is 0 Å². The molecule has 0 saturated carbocycles. The van der Waals surface area contributed by atoms with E-state index in [0.29, 0.717) is 23.7 Å². The Morgan fingerprint density at radius 2 is 1.65 bits per heavy atom. The van der Waals surface area contributed by atoms with Crippen LogP contribution in [0.4, 0.5) is 5.69 Å². The van der Waals surface area contributed by atoms with Crippen LogP contribution in [0.25, 0.3) is 0 Å². The fourth-order valence-corrected chi connectivity index (χ4v) is 3.03. The van der Waals surface area contributed by atoms with Crippen molar-refractivity contribution in [2.75, 3.05) is 25.2 Å². The molecule has 0 fully saturated rings. The number of nitrogens with one attached hydrogen (secondary N) is 1. The van der Waals surface area contributed by atoms with E-state index in [1.165, 1.54) is 6.26 Å². The predicted octanol–water partition coefficient (Wildman–Crippen LogP) is 2.98. The number of hydrogen-bond donors (Lipinski definition) is 1. The molecule has 0 aromatic heterocycles. The first kappa shape index (κ1) is 17.1. The van der Waals surface area contributed by atoms with Crippen molar-refractivity contribution in [2.45, 2.75) is 17.9 Å². The van der Waals surface area contributed by atoms with E-state index in [1.807, 2.05) is 31.2 Å². The number of anilines is 1. The second-order valence-corrected chi connectivity index (χ2v) is 7.21. The van der Waals surface area contributed by atoms with Crippen LogP contribution in [0.3, 0.4) is 0 Å². The smallest absolute Gasteiger partial charge is 0.177 e. The Hall–Kier alpha value is -2.21. The monoisotopic (exact) mass is 335 g/mol. The lowest BCUT2D eigenvalue weighted by Crippen LogP contribution is -2.23. The first-order chi connectivity index (χ1) is 10.9. The van der Waals surface area contributed by atoms with E-state index in [4.69, 9.17) is 9.47 Å². The summed E-state index contributed by atoms with van der Waals surface area (Å²) in [7, 11) is -1.68. The molecule has 5 nitrogen and oxygen atoms in total. The standard InChI is InChI=1S/C17H21NO4S/c1-13(22-16-10-6-5-9-15(16)21-2)12-18-14-8-4-7-11-17(14)23(3,19)20/h4-11,13,18H,12H2,1-3H3. The molecule has 124 valence electrons. The lowest BCUT2D eigenvalue weighted by atomic mass is 10.3. The molecule has 1 unspecified atom stereocenters. The van der Waals surface area contributed by atoms with Crippen LogP contribution in [0.5, 0.6) is 11.5 Å². The van der Waals surface area contributed by atoms with E-state index in [1.54, 1.807) is 31.4 Å². The Bertz CT molecular complexity index is 759. The van der Waals surface area contributed by atoms with Gasteiger partial charge in [-0.05, 0) is 31.2 Å². The van der Waals surface area contributed by atoms with E-state index >= 15 is 0 Å². The summed E-state index contributed by atoms with van der Waals surface area (Å²) in [4.78, 5) is 0.282. The molecule has 0 aliphatic rings. The quantitative estimate of drug-likeness (QED) is 0.843. The van der Waals surface area contributed by atoms with Gasteiger partial charge in [0.15, 0.2) is 21.3 Å². The topological polar surface area (TPSA) is 64.6 Å². The lowest BCUT2D eigenvalue weighted by molar-refractivity contribution is 0.223. The first-order valence-electron chi connectivity index (χ1n) is 7.24. The summed E-state index contributed by atoms with van der Waals surface area (Å²) in [6, 6.07) is 14.2. The fourth-order valence-electron chi connectivity index (χ4n) is 2.16. The van der Waals surface area contributed by atoms with E-state index in [-0.39, 0.29) is 11.0 Å². The number of methoxy groups -OCH3 is 1. The summed E-state index contributed by atoms with van der Waals surface area (Å²) in [6.45, 7) is 2.37. The molecule has 6 heteroatoms. The molecular formula is C17H21NO4S. The highest BCUT2D eigenvalue weighted by Crippen LogP contribution is 2.27. The highest BCUT2D eigenvalue weighted by atomic mass is 32.2. The molecule has 0 heterocycles. The zero-order chi connectivity index (χ0) is 16.9. The molecule has 0 radical (unpaired) electrons. The van der Waals surface area contributed by atoms with Gasteiger partial charge in [-0.3, -0.25) is 0 Å². The molecule has 0 amide bonds. The van der Waals surface area contributed by atoms with Crippen molar-refractivity contribution < 1.29 is 17.9 Å². The number of hydrogen-bond acceptors (Lipinski definition) is 5. The molecular weight excluding hydrogens is 314 g/mol. The van der Waals surface area contributed by atoms with Gasteiger partial charge in [-0.1, -0.05) is 24.3 Å². The van der Waals surface area contributed by atoms with Crippen molar-refractivity contribution in [3.63, 3.8) is 0 Å². The number of ether oxygens (including phenoxy) is 2. The minimum Gasteiger partial charge on any atom is -0.493 e. The zero-order valence-corrected chi connectivity index (χ0v) is 14.3. The average Bonchev–Trinajstić information content (AvgIpc) is 2.53. The molecule has 0 bridgehead atoms. The zero-order valence-electron chi connectivity index (χ0n) is 13.4. The van der Waals surface area contributed by atoms with Crippen molar-refractivity contribution in [3.05, 3.63) is 48.5 Å². The third-order valence-corrected chi connectivity index (χ3v) is 4.42. The van der Waals surface area contributed by atoms with Crippen LogP contribution in [0.1, 0.15) is 6.92 Å². The molecule has 2 aromatic rings. The van der Waals surface area contributed by atoms with Crippen molar-refractivity contribution >= 4 is 15.5 Å². The second-order valence-electron chi connectivity index (χ2n) is 5.23. The molecule has 2 rings (SSSR count). The Kier molecular flexibility index (Phi) is 5.50. The van der Waals surface area contributed by atoms with Gasteiger partial charge in [-0.25, -0.2) is 8.42 Å². The third-order valence-electron chi connectivity index (χ3n) is 3.26. The van der Waals surface area contributed by atoms with Crippen LogP contribution >= 0.6 is 0 Å². The molecule has 0 saturated heterocycles. The van der Waals surface area contributed by atoms with E-state index in [2.05, 4.69) is 5.32 Å². The highest BCUT2D eigenvalue weighted by molar-refractivity contribution is 7.90. The third kappa shape index (κ3) is 4.63. The molecule has 0 aliphatic carbocycles. The Labute approximate surface area is 137 Å². The summed E-state index contributed by atoms with van der Waals surface area (Å²) in [6.07, 6.45) is 1.03. The molecule has 1 atom stereocenters. The van der Waals surface area contributed by atoms with Gasteiger partial charge >= 0.3 is 0 Å². The fraction of sp³-hybridized carbons (Fsp3) is 0.294. The van der Waals surface area contributed by atoms with Crippen LogP contribution in [0, 0.1) is 0 Å². The van der Waals surface area contributed by atoms with Gasteiger partial charge in [0.05, 0.1) is 24.2 Å². The van der Waals surface area contributed by atoms with Gasteiger partial charge < -0.3 is 14.8 Å². The summed E-state index contributed by atoms with van der Waals surface area (Å²) < 4.78 is 34.7. The van der Waals surface area contributed by atoms with Crippen LogP contribution in [-0.4, -0.2) is 34.4 Å². The average molecular weight is 335 g/mol. The van der Waals surface area contributed by atoms with Gasteiger partial charge in [0.25, 0.3) is 0 Å². The van der Waals surface area contributed by atoms with Crippen molar-refractivity contribution in [1.29, 1.82) is 0 Å². The Morgan fingerprint density at radius 1 is 1.04 bits per heavy atom. The molecule has 23 heavy (non-hydrogen) atoms. The normalized spacial score (nSPS) is 12.5. The minimum atomic E-state index is -3.27. The number of rotatable bonds is 7. The summed E-state index contributed by atoms with van der Waals surface area (Å²) >= 11 is 0. The Morgan fingerprint density at radius 3 is 2.30 bits per heavy atom. The maximum Gasteiger partial charge on any atom is 0.177 e. The minimum absolute atomic E-state index is 0.168. The van der Waals surface area contributed by atoms with Crippen LogP contribution < -0.4 is 14.8 Å². The number of benzene rings is 2. The van der Waals surface area contributed by atoms with E-state index < -0.39 is 9.84 Å². The predicted molar refractivity (Wildman–Crippen MR) is 91.1 cm³/mol.